The SMILES string of the molecule is O=C(COC(=O)CCSc1ccc(Cl)cc1)Nc1cccc([N+](=O)[O-])c1. The molecule has 0 bridgehead atoms. The number of non-ortho nitro benzene ring substituents is 1. The third-order valence-electron chi connectivity index (χ3n) is 3.09. The highest BCUT2D eigenvalue weighted by molar-refractivity contribution is 7.99. The number of hydrogen-bond donors (Lipinski definition) is 1. The molecule has 0 saturated carbocycles. The van der Waals surface area contributed by atoms with E-state index >= 15 is 0 Å². The molecular formula is C17H15ClN2O5S. The Kier molecular flexibility index (Phi) is 7.43. The van der Waals surface area contributed by atoms with Gasteiger partial charge in [0.05, 0.1) is 11.3 Å². The first-order chi connectivity index (χ1) is 12.4. The van der Waals surface area contributed by atoms with Gasteiger partial charge in [-0.05, 0) is 30.3 Å². The molecule has 0 atom stereocenters. The highest BCUT2D eigenvalue weighted by Gasteiger charge is 2.10. The van der Waals surface area contributed by atoms with Gasteiger partial charge in [0.15, 0.2) is 6.61 Å². The summed E-state index contributed by atoms with van der Waals surface area (Å²) < 4.78 is 4.89. The van der Waals surface area contributed by atoms with E-state index in [1.165, 1.54) is 36.0 Å². The average molecular weight is 395 g/mol. The first kappa shape index (κ1) is 19.7. The molecule has 2 rings (SSSR count). The Bertz CT molecular complexity index is 798. The van der Waals surface area contributed by atoms with Crippen molar-refractivity contribution >= 4 is 46.6 Å². The third kappa shape index (κ3) is 6.73. The van der Waals surface area contributed by atoms with Crippen LogP contribution in [0.5, 0.6) is 0 Å². The number of hydrogen-bond acceptors (Lipinski definition) is 6. The summed E-state index contributed by atoms with van der Waals surface area (Å²) in [5.41, 5.74) is 0.123. The van der Waals surface area contributed by atoms with Gasteiger partial charge in [0.25, 0.3) is 11.6 Å². The Morgan fingerprint density at radius 2 is 1.92 bits per heavy atom. The molecule has 0 aliphatic carbocycles. The van der Waals surface area contributed by atoms with E-state index in [0.717, 1.165) is 4.90 Å². The number of nitrogens with zero attached hydrogens (tertiary/aromatic N) is 1. The zero-order valence-electron chi connectivity index (χ0n) is 13.5. The molecule has 0 unspecified atom stereocenters. The fraction of sp³-hybridized carbons (Fsp3) is 0.176. The summed E-state index contributed by atoms with van der Waals surface area (Å²) in [7, 11) is 0. The molecule has 9 heteroatoms. The number of rotatable bonds is 8. The number of benzene rings is 2. The van der Waals surface area contributed by atoms with Gasteiger partial charge in [-0.3, -0.25) is 19.7 Å². The maximum atomic E-state index is 11.7. The van der Waals surface area contributed by atoms with Gasteiger partial charge in [-0.15, -0.1) is 11.8 Å². The van der Waals surface area contributed by atoms with Crippen molar-refractivity contribution < 1.29 is 19.2 Å². The lowest BCUT2D eigenvalue weighted by Gasteiger charge is -2.06. The van der Waals surface area contributed by atoms with Crippen LogP contribution in [0.2, 0.25) is 5.02 Å². The first-order valence-electron chi connectivity index (χ1n) is 7.52. The minimum absolute atomic E-state index is 0.140. The molecule has 0 radical (unpaired) electrons. The van der Waals surface area contributed by atoms with Crippen molar-refractivity contribution in [3.63, 3.8) is 0 Å². The van der Waals surface area contributed by atoms with Gasteiger partial charge in [0.1, 0.15) is 0 Å². The van der Waals surface area contributed by atoms with Crippen LogP contribution in [0.3, 0.4) is 0 Å². The van der Waals surface area contributed by atoms with Gasteiger partial charge < -0.3 is 10.1 Å². The molecule has 0 saturated heterocycles. The second-order valence-electron chi connectivity index (χ2n) is 5.07. The minimum atomic E-state index is -0.566. The van der Waals surface area contributed by atoms with E-state index in [-0.39, 0.29) is 17.8 Å². The number of anilines is 1. The number of esters is 1. The van der Waals surface area contributed by atoms with E-state index in [1.54, 1.807) is 12.1 Å². The largest absolute Gasteiger partial charge is 0.456 e. The van der Waals surface area contributed by atoms with Crippen molar-refractivity contribution in [3.05, 3.63) is 63.7 Å². The normalized spacial score (nSPS) is 10.2. The summed E-state index contributed by atoms with van der Waals surface area (Å²) in [4.78, 5) is 34.5. The Hall–Kier alpha value is -2.58. The number of carbonyl (C=O) groups is 2. The Morgan fingerprint density at radius 1 is 1.19 bits per heavy atom. The molecule has 2 aromatic carbocycles. The topological polar surface area (TPSA) is 98.5 Å². The van der Waals surface area contributed by atoms with Gasteiger partial charge in [-0.2, -0.15) is 0 Å². The molecule has 0 aliphatic rings. The lowest BCUT2D eigenvalue weighted by atomic mass is 10.3. The molecule has 136 valence electrons. The Balaban J connectivity index is 1.69. The molecule has 0 aliphatic heterocycles. The number of thioether (sulfide) groups is 1. The number of carbonyl (C=O) groups excluding carboxylic acids is 2. The van der Waals surface area contributed by atoms with Gasteiger partial charge in [0.2, 0.25) is 0 Å². The lowest BCUT2D eigenvalue weighted by Crippen LogP contribution is -2.21. The standard InChI is InChI=1S/C17H15ClN2O5S/c18-12-4-6-15(7-5-12)26-9-8-17(22)25-11-16(21)19-13-2-1-3-14(10-13)20(23)24/h1-7,10H,8-9,11H2,(H,19,21). The van der Waals surface area contributed by atoms with Crippen LogP contribution < -0.4 is 5.32 Å². The number of amides is 1. The van der Waals surface area contributed by atoms with Crippen molar-refractivity contribution in [3.8, 4) is 0 Å². The van der Waals surface area contributed by atoms with Crippen LogP contribution in [-0.4, -0.2) is 29.2 Å². The predicted octanol–water partition coefficient (Wildman–Crippen LogP) is 3.91. The minimum Gasteiger partial charge on any atom is -0.456 e. The molecule has 26 heavy (non-hydrogen) atoms. The fourth-order valence-corrected chi connectivity index (χ4v) is 2.85. The van der Waals surface area contributed by atoms with Gasteiger partial charge in [-0.1, -0.05) is 17.7 Å². The molecule has 0 aromatic heterocycles. The predicted molar refractivity (Wildman–Crippen MR) is 99.5 cm³/mol. The maximum Gasteiger partial charge on any atom is 0.307 e. The Morgan fingerprint density at radius 3 is 2.62 bits per heavy atom. The van der Waals surface area contributed by atoms with E-state index in [0.29, 0.717) is 10.8 Å². The zero-order valence-corrected chi connectivity index (χ0v) is 15.1. The second-order valence-corrected chi connectivity index (χ2v) is 6.67. The number of nitro groups is 1. The molecule has 0 spiro atoms. The summed E-state index contributed by atoms with van der Waals surface area (Å²) >= 11 is 7.27. The number of ether oxygens (including phenoxy) is 1. The Labute approximate surface area is 158 Å². The summed E-state index contributed by atoms with van der Waals surface area (Å²) in [6.07, 6.45) is 0.150. The van der Waals surface area contributed by atoms with Crippen LogP contribution in [0.1, 0.15) is 6.42 Å². The van der Waals surface area contributed by atoms with Crippen molar-refractivity contribution in [1.82, 2.24) is 0 Å². The summed E-state index contributed by atoms with van der Waals surface area (Å²) in [6.45, 7) is -0.451. The highest BCUT2D eigenvalue weighted by atomic mass is 35.5. The lowest BCUT2D eigenvalue weighted by molar-refractivity contribution is -0.384. The monoisotopic (exact) mass is 394 g/mol. The van der Waals surface area contributed by atoms with Crippen LogP contribution in [0, 0.1) is 10.1 Å². The molecule has 2 aromatic rings. The molecule has 7 nitrogen and oxygen atoms in total. The van der Waals surface area contributed by atoms with Crippen molar-refractivity contribution in [2.45, 2.75) is 11.3 Å². The molecular weight excluding hydrogens is 380 g/mol. The van der Waals surface area contributed by atoms with Crippen LogP contribution >= 0.6 is 23.4 Å². The van der Waals surface area contributed by atoms with Crippen LogP contribution in [0.4, 0.5) is 11.4 Å². The van der Waals surface area contributed by atoms with Gasteiger partial charge >= 0.3 is 5.97 Å². The average Bonchev–Trinajstić information content (AvgIpc) is 2.62. The quantitative estimate of drug-likeness (QED) is 0.315. The summed E-state index contributed by atoms with van der Waals surface area (Å²) in [5.74, 6) is -0.558. The van der Waals surface area contributed by atoms with Crippen LogP contribution in [0.25, 0.3) is 0 Å². The molecule has 0 heterocycles. The third-order valence-corrected chi connectivity index (χ3v) is 4.36. The smallest absolute Gasteiger partial charge is 0.307 e. The van der Waals surface area contributed by atoms with E-state index in [4.69, 9.17) is 16.3 Å². The van der Waals surface area contributed by atoms with Crippen LogP contribution in [0.15, 0.2) is 53.4 Å². The second kappa shape index (κ2) is 9.79. The van der Waals surface area contributed by atoms with E-state index in [2.05, 4.69) is 5.32 Å². The van der Waals surface area contributed by atoms with Crippen molar-refractivity contribution in [2.75, 3.05) is 17.7 Å². The zero-order chi connectivity index (χ0) is 18.9. The maximum absolute atomic E-state index is 11.7. The van der Waals surface area contributed by atoms with Crippen molar-refractivity contribution in [1.29, 1.82) is 0 Å². The number of halogens is 1. The number of nitro benzene ring substituents is 1. The van der Waals surface area contributed by atoms with Gasteiger partial charge in [0, 0.05) is 33.5 Å². The van der Waals surface area contributed by atoms with E-state index < -0.39 is 23.4 Å². The summed E-state index contributed by atoms with van der Waals surface area (Å²) in [5, 5.41) is 13.8. The summed E-state index contributed by atoms with van der Waals surface area (Å²) in [6, 6.07) is 12.7. The molecule has 1 N–H and O–H groups in total. The fourth-order valence-electron chi connectivity index (χ4n) is 1.90. The molecule has 0 fully saturated rings. The van der Waals surface area contributed by atoms with Crippen molar-refractivity contribution in [2.24, 2.45) is 0 Å². The van der Waals surface area contributed by atoms with Gasteiger partial charge in [-0.25, -0.2) is 0 Å². The van der Waals surface area contributed by atoms with E-state index in [9.17, 15) is 19.7 Å². The van der Waals surface area contributed by atoms with E-state index in [1.807, 2.05) is 12.1 Å². The first-order valence-corrected chi connectivity index (χ1v) is 8.88. The number of nitrogens with one attached hydrogen (secondary N) is 1. The van der Waals surface area contributed by atoms with Crippen LogP contribution in [-0.2, 0) is 14.3 Å². The molecule has 1 amide bonds. The highest BCUT2D eigenvalue weighted by Crippen LogP contribution is 2.21.